The number of likely N-dealkylation sites (tertiary alicyclic amines) is 1. The molecule has 4 rings (SSSR count). The van der Waals surface area contributed by atoms with Gasteiger partial charge in [-0.3, -0.25) is 4.90 Å². The first kappa shape index (κ1) is 26.2. The Morgan fingerprint density at radius 3 is 2.81 bits per heavy atom. The Balaban J connectivity index is 1.35. The van der Waals surface area contributed by atoms with Gasteiger partial charge in [-0.05, 0) is 42.7 Å². The lowest BCUT2D eigenvalue weighted by Crippen LogP contribution is -2.59. The summed E-state index contributed by atoms with van der Waals surface area (Å²) in [7, 11) is 1.60. The Hall–Kier alpha value is -2.85. The van der Waals surface area contributed by atoms with E-state index in [1.165, 1.54) is 12.1 Å². The van der Waals surface area contributed by atoms with Crippen LogP contribution in [0.5, 0.6) is 17.2 Å². The summed E-state index contributed by atoms with van der Waals surface area (Å²) in [4.78, 5) is 6.08. The second-order valence-corrected chi connectivity index (χ2v) is 9.38. The largest absolute Gasteiger partial charge is 0.493 e. The lowest BCUT2D eigenvalue weighted by Gasteiger charge is -2.42. The Morgan fingerprint density at radius 2 is 2.06 bits per heavy atom. The SMILES string of the molecule is COc1ccc(CN2CC[C@H](O)[C@@](O)(COc3ccc(Cl)c(F)c3)C2)cc1OCCCn1ccnc1. The van der Waals surface area contributed by atoms with Crippen LogP contribution in [0.2, 0.25) is 5.02 Å². The zero-order valence-corrected chi connectivity index (χ0v) is 20.9. The number of piperidine rings is 1. The molecule has 0 spiro atoms. The summed E-state index contributed by atoms with van der Waals surface area (Å²) in [5.41, 5.74) is -0.521. The molecule has 2 atom stereocenters. The molecule has 1 aromatic heterocycles. The van der Waals surface area contributed by atoms with Gasteiger partial charge in [-0.1, -0.05) is 17.7 Å². The Bertz CT molecular complexity index is 1130. The lowest BCUT2D eigenvalue weighted by molar-refractivity contribution is -0.140. The van der Waals surface area contributed by atoms with E-state index < -0.39 is 17.5 Å². The Kier molecular flexibility index (Phi) is 8.68. The highest BCUT2D eigenvalue weighted by Gasteiger charge is 2.42. The van der Waals surface area contributed by atoms with E-state index in [0.717, 1.165) is 24.6 Å². The highest BCUT2D eigenvalue weighted by atomic mass is 35.5. The molecule has 194 valence electrons. The highest BCUT2D eigenvalue weighted by Crippen LogP contribution is 2.31. The number of rotatable bonds is 11. The van der Waals surface area contributed by atoms with Gasteiger partial charge in [0, 0.05) is 44.6 Å². The van der Waals surface area contributed by atoms with Crippen molar-refractivity contribution in [2.75, 3.05) is 33.4 Å². The van der Waals surface area contributed by atoms with Gasteiger partial charge in [-0.15, -0.1) is 0 Å². The minimum atomic E-state index is -1.51. The second-order valence-electron chi connectivity index (χ2n) is 8.97. The standard InChI is InChI=1S/C26H31ClFN3O5/c1-34-23-6-3-19(13-24(23)35-12-2-9-30-11-8-29-18-30)15-31-10-7-25(32)26(33,16-31)17-36-20-4-5-21(27)22(28)14-20/h3-6,8,11,13-14,18,25,32-33H,2,7,9-10,12,15-17H2,1H3/t25-,26-/m0/s1. The van der Waals surface area contributed by atoms with E-state index in [1.807, 2.05) is 33.9 Å². The smallest absolute Gasteiger partial charge is 0.161 e. The number of benzene rings is 2. The van der Waals surface area contributed by atoms with E-state index in [9.17, 15) is 14.6 Å². The number of hydrogen-bond acceptors (Lipinski definition) is 7. The van der Waals surface area contributed by atoms with Crippen LogP contribution < -0.4 is 14.2 Å². The van der Waals surface area contributed by atoms with Crippen LogP contribution in [0.15, 0.2) is 55.1 Å². The molecule has 1 aliphatic heterocycles. The van der Waals surface area contributed by atoms with Crippen molar-refractivity contribution in [2.45, 2.75) is 37.6 Å². The maximum Gasteiger partial charge on any atom is 0.161 e. The number of hydrogen-bond donors (Lipinski definition) is 2. The quantitative estimate of drug-likeness (QED) is 0.375. The molecule has 0 aliphatic carbocycles. The average molecular weight is 520 g/mol. The van der Waals surface area contributed by atoms with Gasteiger partial charge in [0.25, 0.3) is 0 Å². The molecule has 0 saturated carbocycles. The van der Waals surface area contributed by atoms with E-state index >= 15 is 0 Å². The second kappa shape index (κ2) is 11.9. The molecule has 0 bridgehead atoms. The molecule has 1 fully saturated rings. The molecule has 2 aromatic carbocycles. The fourth-order valence-electron chi connectivity index (χ4n) is 4.24. The van der Waals surface area contributed by atoms with Crippen LogP contribution in [-0.4, -0.2) is 69.8 Å². The van der Waals surface area contributed by atoms with Gasteiger partial charge in [0.1, 0.15) is 23.8 Å². The van der Waals surface area contributed by atoms with Gasteiger partial charge in [-0.2, -0.15) is 0 Å². The van der Waals surface area contributed by atoms with Crippen LogP contribution in [0.3, 0.4) is 0 Å². The number of β-amino-alcohol motifs (C(OH)–C–C–N with tert-alkyl or cyclic N) is 1. The summed E-state index contributed by atoms with van der Waals surface area (Å²) in [5, 5.41) is 21.6. The number of aliphatic hydroxyl groups is 2. The first-order valence-electron chi connectivity index (χ1n) is 11.8. The highest BCUT2D eigenvalue weighted by molar-refractivity contribution is 6.30. The zero-order chi connectivity index (χ0) is 25.5. The number of ether oxygens (including phenoxy) is 3. The monoisotopic (exact) mass is 519 g/mol. The van der Waals surface area contributed by atoms with E-state index in [0.29, 0.717) is 37.6 Å². The summed E-state index contributed by atoms with van der Waals surface area (Å²) < 4.78 is 32.8. The Labute approximate surface area is 214 Å². The number of halogens is 2. The van der Waals surface area contributed by atoms with E-state index in [2.05, 4.69) is 4.98 Å². The molecule has 36 heavy (non-hydrogen) atoms. The minimum absolute atomic E-state index is 0.00835. The minimum Gasteiger partial charge on any atom is -0.493 e. The van der Waals surface area contributed by atoms with E-state index in [4.69, 9.17) is 25.8 Å². The van der Waals surface area contributed by atoms with Crippen molar-refractivity contribution in [3.05, 3.63) is 71.5 Å². The fourth-order valence-corrected chi connectivity index (χ4v) is 4.35. The van der Waals surface area contributed by atoms with Crippen LogP contribution in [0.4, 0.5) is 4.39 Å². The molecule has 0 amide bonds. The first-order valence-corrected chi connectivity index (χ1v) is 12.2. The molecular formula is C26H31ClFN3O5. The number of aryl methyl sites for hydroxylation is 1. The molecule has 2 heterocycles. The number of imidazole rings is 1. The number of nitrogens with zero attached hydrogens (tertiary/aromatic N) is 3. The van der Waals surface area contributed by atoms with Crippen molar-refractivity contribution in [1.82, 2.24) is 14.5 Å². The van der Waals surface area contributed by atoms with Crippen LogP contribution in [0.25, 0.3) is 0 Å². The summed E-state index contributed by atoms with van der Waals surface area (Å²) in [6, 6.07) is 9.83. The van der Waals surface area contributed by atoms with Gasteiger partial charge >= 0.3 is 0 Å². The van der Waals surface area contributed by atoms with Crippen LogP contribution in [-0.2, 0) is 13.1 Å². The van der Waals surface area contributed by atoms with Crippen molar-refractivity contribution in [1.29, 1.82) is 0 Å². The van der Waals surface area contributed by atoms with Gasteiger partial charge in [0.05, 0.1) is 31.2 Å². The lowest BCUT2D eigenvalue weighted by atomic mass is 9.90. The predicted octanol–water partition coefficient (Wildman–Crippen LogP) is 3.53. The predicted molar refractivity (Wildman–Crippen MR) is 133 cm³/mol. The third-order valence-electron chi connectivity index (χ3n) is 6.23. The van der Waals surface area contributed by atoms with E-state index in [-0.39, 0.29) is 23.9 Å². The molecule has 10 heteroatoms. The van der Waals surface area contributed by atoms with Gasteiger partial charge in [-0.25, -0.2) is 9.37 Å². The van der Waals surface area contributed by atoms with Crippen molar-refractivity contribution < 1.29 is 28.8 Å². The maximum absolute atomic E-state index is 13.7. The molecule has 8 nitrogen and oxygen atoms in total. The van der Waals surface area contributed by atoms with Crippen molar-refractivity contribution in [3.63, 3.8) is 0 Å². The molecule has 3 aromatic rings. The Morgan fingerprint density at radius 1 is 1.19 bits per heavy atom. The van der Waals surface area contributed by atoms with Crippen LogP contribution in [0, 0.1) is 5.82 Å². The molecule has 2 N–H and O–H groups in total. The summed E-state index contributed by atoms with van der Waals surface area (Å²) >= 11 is 5.72. The maximum atomic E-state index is 13.7. The van der Waals surface area contributed by atoms with Crippen LogP contribution in [0.1, 0.15) is 18.4 Å². The molecule has 1 aliphatic rings. The first-order chi connectivity index (χ1) is 17.4. The van der Waals surface area contributed by atoms with E-state index in [1.54, 1.807) is 19.6 Å². The van der Waals surface area contributed by atoms with Gasteiger partial charge < -0.3 is 29.0 Å². The van der Waals surface area contributed by atoms with Crippen LogP contribution >= 0.6 is 11.6 Å². The summed E-state index contributed by atoms with van der Waals surface area (Å²) in [6.07, 6.45) is 5.67. The van der Waals surface area contributed by atoms with Gasteiger partial charge in [0.2, 0.25) is 0 Å². The molecule has 0 unspecified atom stereocenters. The van der Waals surface area contributed by atoms with Crippen molar-refractivity contribution in [3.8, 4) is 17.2 Å². The molecule has 1 saturated heterocycles. The third-order valence-corrected chi connectivity index (χ3v) is 6.53. The summed E-state index contributed by atoms with van der Waals surface area (Å²) in [6.45, 7) is 2.49. The normalized spacial score (nSPS) is 20.3. The molecule has 0 radical (unpaired) electrons. The third kappa shape index (κ3) is 6.67. The average Bonchev–Trinajstić information content (AvgIpc) is 3.39. The van der Waals surface area contributed by atoms with Crippen molar-refractivity contribution in [2.24, 2.45) is 0 Å². The number of aromatic nitrogens is 2. The molecular weight excluding hydrogens is 489 g/mol. The zero-order valence-electron chi connectivity index (χ0n) is 20.1. The number of methoxy groups -OCH3 is 1. The topological polar surface area (TPSA) is 89.2 Å². The fraction of sp³-hybridized carbons (Fsp3) is 0.423. The summed E-state index contributed by atoms with van der Waals surface area (Å²) in [5.74, 6) is 0.933. The number of aliphatic hydroxyl groups excluding tert-OH is 1. The van der Waals surface area contributed by atoms with Gasteiger partial charge in [0.15, 0.2) is 11.5 Å². The van der Waals surface area contributed by atoms with Crippen molar-refractivity contribution >= 4 is 11.6 Å².